The van der Waals surface area contributed by atoms with E-state index in [9.17, 15) is 14.4 Å². The number of rotatable bonds is 58. The van der Waals surface area contributed by atoms with E-state index in [1.54, 1.807) is 0 Å². The van der Waals surface area contributed by atoms with Crippen molar-refractivity contribution in [3.8, 4) is 0 Å². The highest BCUT2D eigenvalue weighted by molar-refractivity contribution is 5.71. The molecule has 6 nitrogen and oxygen atoms in total. The van der Waals surface area contributed by atoms with Gasteiger partial charge in [-0.1, -0.05) is 264 Å². The summed E-state index contributed by atoms with van der Waals surface area (Å²) in [6, 6.07) is 0. The Kier molecular flexibility index (Phi) is 62.3. The second-order valence-electron chi connectivity index (χ2n) is 21.3. The van der Waals surface area contributed by atoms with Gasteiger partial charge in [-0.2, -0.15) is 0 Å². The molecule has 448 valence electrons. The van der Waals surface area contributed by atoms with E-state index >= 15 is 0 Å². The molecule has 1 unspecified atom stereocenters. The van der Waals surface area contributed by atoms with Crippen LogP contribution in [0.1, 0.15) is 290 Å². The fraction of sp³-hybridized carbons (Fsp3) is 0.658. The van der Waals surface area contributed by atoms with Crippen molar-refractivity contribution >= 4 is 17.9 Å². The highest BCUT2D eigenvalue weighted by atomic mass is 16.6. The van der Waals surface area contributed by atoms with Crippen LogP contribution in [0.25, 0.3) is 0 Å². The van der Waals surface area contributed by atoms with Crippen molar-refractivity contribution < 1.29 is 28.6 Å². The Bertz CT molecular complexity index is 1680. The van der Waals surface area contributed by atoms with Gasteiger partial charge in [0.25, 0.3) is 0 Å². The van der Waals surface area contributed by atoms with Gasteiger partial charge in [-0.05, 0) is 141 Å². The summed E-state index contributed by atoms with van der Waals surface area (Å²) < 4.78 is 16.9. The molecule has 0 bridgehead atoms. The summed E-state index contributed by atoms with van der Waals surface area (Å²) in [6.45, 7) is 6.47. The molecule has 0 saturated heterocycles. The zero-order valence-electron chi connectivity index (χ0n) is 51.3. The fourth-order valence-corrected chi connectivity index (χ4v) is 8.72. The molecule has 0 rings (SSSR count). The number of hydrogen-bond donors (Lipinski definition) is 0. The smallest absolute Gasteiger partial charge is 0.306 e. The van der Waals surface area contributed by atoms with Gasteiger partial charge in [-0.25, -0.2) is 0 Å². The van der Waals surface area contributed by atoms with E-state index in [-0.39, 0.29) is 31.1 Å². The first kappa shape index (κ1) is 74.5. The predicted molar refractivity (Wildman–Crippen MR) is 343 cm³/mol. The number of carbonyl (C=O) groups is 3. The molecular formula is C73H120O6. The molecule has 0 amide bonds. The second-order valence-corrected chi connectivity index (χ2v) is 21.3. The topological polar surface area (TPSA) is 78.9 Å². The molecule has 0 aromatic heterocycles. The molecule has 0 aromatic rings. The Labute approximate surface area is 487 Å². The molecule has 0 aliphatic heterocycles. The van der Waals surface area contributed by atoms with Crippen LogP contribution in [0.2, 0.25) is 0 Å². The van der Waals surface area contributed by atoms with E-state index in [0.29, 0.717) is 25.7 Å². The monoisotopic (exact) mass is 1090 g/mol. The lowest BCUT2D eigenvalue weighted by atomic mass is 10.1. The molecule has 6 heteroatoms. The quantitative estimate of drug-likeness (QED) is 0.0261. The van der Waals surface area contributed by atoms with Crippen molar-refractivity contribution in [2.45, 2.75) is 297 Å². The summed E-state index contributed by atoms with van der Waals surface area (Å²) in [6.07, 6.45) is 93.1. The second kappa shape index (κ2) is 66.1. The largest absolute Gasteiger partial charge is 0.462 e. The van der Waals surface area contributed by atoms with E-state index in [4.69, 9.17) is 14.2 Å². The zero-order chi connectivity index (χ0) is 57.1. The third kappa shape index (κ3) is 64.3. The van der Waals surface area contributed by atoms with Crippen molar-refractivity contribution in [2.24, 2.45) is 0 Å². The maximum atomic E-state index is 12.9. The molecule has 0 radical (unpaired) electrons. The molecule has 1 atom stereocenters. The molecule has 0 fully saturated rings. The minimum atomic E-state index is -0.810. The highest BCUT2D eigenvalue weighted by Crippen LogP contribution is 2.14. The van der Waals surface area contributed by atoms with Crippen LogP contribution < -0.4 is 0 Å². The first-order valence-corrected chi connectivity index (χ1v) is 32.7. The Morgan fingerprint density at radius 3 is 0.823 bits per heavy atom. The number of esters is 3. The third-order valence-electron chi connectivity index (χ3n) is 13.6. The molecule has 0 aliphatic carbocycles. The minimum Gasteiger partial charge on any atom is -0.462 e. The van der Waals surface area contributed by atoms with Gasteiger partial charge in [-0.15, -0.1) is 0 Å². The highest BCUT2D eigenvalue weighted by Gasteiger charge is 2.19. The molecule has 0 aromatic carbocycles. The lowest BCUT2D eigenvalue weighted by Gasteiger charge is -2.18. The van der Waals surface area contributed by atoms with E-state index in [1.807, 2.05) is 0 Å². The summed E-state index contributed by atoms with van der Waals surface area (Å²) in [5, 5.41) is 0. The van der Waals surface area contributed by atoms with Crippen LogP contribution in [-0.4, -0.2) is 37.2 Å². The summed E-state index contributed by atoms with van der Waals surface area (Å²) >= 11 is 0. The Morgan fingerprint density at radius 1 is 0.266 bits per heavy atom. The molecular weight excluding hydrogens is 973 g/mol. The van der Waals surface area contributed by atoms with E-state index in [1.165, 1.54) is 116 Å². The third-order valence-corrected chi connectivity index (χ3v) is 13.6. The summed E-state index contributed by atoms with van der Waals surface area (Å²) in [4.78, 5) is 38.3. The summed E-state index contributed by atoms with van der Waals surface area (Å²) in [5.74, 6) is -0.960. The average Bonchev–Trinajstić information content (AvgIpc) is 3.45. The number of hydrogen-bond acceptors (Lipinski definition) is 6. The Morgan fingerprint density at radius 2 is 0.494 bits per heavy atom. The van der Waals surface area contributed by atoms with Crippen LogP contribution in [0.5, 0.6) is 0 Å². The lowest BCUT2D eigenvalue weighted by molar-refractivity contribution is -0.167. The van der Waals surface area contributed by atoms with Crippen molar-refractivity contribution in [1.29, 1.82) is 0 Å². The van der Waals surface area contributed by atoms with Crippen LogP contribution in [0.4, 0.5) is 0 Å². The fourth-order valence-electron chi connectivity index (χ4n) is 8.72. The number of allylic oxidation sites excluding steroid dienone is 22. The first-order valence-electron chi connectivity index (χ1n) is 32.7. The van der Waals surface area contributed by atoms with Crippen LogP contribution in [-0.2, 0) is 28.6 Å². The predicted octanol–water partition coefficient (Wildman–Crippen LogP) is 22.5. The van der Waals surface area contributed by atoms with Crippen molar-refractivity contribution in [1.82, 2.24) is 0 Å². The van der Waals surface area contributed by atoms with Gasteiger partial charge in [0, 0.05) is 19.3 Å². The van der Waals surface area contributed by atoms with Gasteiger partial charge in [-0.3, -0.25) is 14.4 Å². The van der Waals surface area contributed by atoms with E-state index < -0.39 is 6.10 Å². The number of ether oxygens (including phenoxy) is 3. The minimum absolute atomic E-state index is 0.102. The van der Waals surface area contributed by atoms with Crippen molar-refractivity contribution in [3.05, 3.63) is 134 Å². The van der Waals surface area contributed by atoms with Crippen LogP contribution in [0, 0.1) is 0 Å². The average molecular weight is 1090 g/mol. The van der Waals surface area contributed by atoms with Gasteiger partial charge >= 0.3 is 17.9 Å². The molecule has 0 N–H and O–H groups in total. The van der Waals surface area contributed by atoms with Crippen LogP contribution in [0.3, 0.4) is 0 Å². The van der Waals surface area contributed by atoms with Gasteiger partial charge in [0.1, 0.15) is 13.2 Å². The first-order chi connectivity index (χ1) is 39.0. The Balaban J connectivity index is 4.48. The van der Waals surface area contributed by atoms with Gasteiger partial charge in [0.2, 0.25) is 0 Å². The number of unbranched alkanes of at least 4 members (excludes halogenated alkanes) is 25. The van der Waals surface area contributed by atoms with E-state index in [2.05, 4.69) is 154 Å². The Hall–Kier alpha value is -4.45. The molecule has 0 heterocycles. The van der Waals surface area contributed by atoms with Gasteiger partial charge in [0.15, 0.2) is 6.10 Å². The maximum absolute atomic E-state index is 12.9. The molecule has 0 aliphatic rings. The summed E-state index contributed by atoms with van der Waals surface area (Å²) in [7, 11) is 0. The molecule has 79 heavy (non-hydrogen) atoms. The summed E-state index contributed by atoms with van der Waals surface area (Å²) in [5.41, 5.74) is 0. The molecule has 0 spiro atoms. The van der Waals surface area contributed by atoms with Crippen molar-refractivity contribution in [2.75, 3.05) is 13.2 Å². The van der Waals surface area contributed by atoms with Gasteiger partial charge < -0.3 is 14.2 Å². The van der Waals surface area contributed by atoms with Gasteiger partial charge in [0.05, 0.1) is 0 Å². The van der Waals surface area contributed by atoms with Crippen molar-refractivity contribution in [3.63, 3.8) is 0 Å². The maximum Gasteiger partial charge on any atom is 0.306 e. The normalized spacial score (nSPS) is 13.0. The van der Waals surface area contributed by atoms with Crippen LogP contribution in [0.15, 0.2) is 134 Å². The van der Waals surface area contributed by atoms with Crippen LogP contribution >= 0.6 is 0 Å². The standard InChI is InChI=1S/C73H120O6/c1-4-7-10-13-16-19-22-25-28-31-33-34-35-36-37-38-39-40-41-43-45-48-51-54-57-60-63-66-72(75)78-69-70(68-77-71(74)65-62-59-56-53-50-47-44-30-27-24-21-18-15-12-9-6-3)79-73(76)67-64-61-58-55-52-49-46-42-32-29-26-23-20-17-14-11-8-5-2/h7,10,16,19-20,23,25,28-30,32-34,36-37,39-40,43-45,51,54,70H,4-6,8-9,11-15,17-18,21-22,24,26-27,31,35,38,41-42,46-50,52-53,55-69H2,1-3H3/b10-7-,19-16-,23-20-,28-25-,32-29-,34-33-,37-36-,40-39-,44-30-,45-43-,54-51-. The molecule has 0 saturated carbocycles. The lowest BCUT2D eigenvalue weighted by Crippen LogP contribution is -2.30. The zero-order valence-corrected chi connectivity index (χ0v) is 51.3. The SMILES string of the molecule is CC/C=C\C/C=C\C/C=C\C/C=C\C/C=C\C/C=C\C/C=C\C/C=C\CCCCC(=O)OCC(COC(=O)CCCCCCC/C=C\CCCCCCCCC)OC(=O)CCCCCCCCC/C=C\C/C=C\CCCCCC. The number of carbonyl (C=O) groups excluding carboxylic acids is 3. The van der Waals surface area contributed by atoms with E-state index in [0.717, 1.165) is 128 Å².